The lowest BCUT2D eigenvalue weighted by molar-refractivity contribution is 0.255. The number of aromatic hydroxyl groups is 1. The standard InChI is InChI=1S/C24H29N3O2/c28-21-6-7-23-22(16-21)19(17-25-23)3-1-9-26-10-12-27(13-11-26)20-5-8-24-18(15-20)4-2-14-29-24/h5-8,15-17,25,28H,1-4,9-14H2. The molecule has 2 aromatic carbocycles. The Morgan fingerprint density at radius 2 is 1.93 bits per heavy atom. The summed E-state index contributed by atoms with van der Waals surface area (Å²) in [6.07, 6.45) is 6.52. The Bertz CT molecular complexity index is 989. The molecule has 2 aliphatic heterocycles. The van der Waals surface area contributed by atoms with Gasteiger partial charge in [-0.25, -0.2) is 0 Å². The van der Waals surface area contributed by atoms with Gasteiger partial charge in [0.25, 0.3) is 0 Å². The first-order chi connectivity index (χ1) is 14.3. The number of nitrogens with one attached hydrogen (secondary N) is 1. The van der Waals surface area contributed by atoms with E-state index in [2.05, 4.69) is 39.2 Å². The summed E-state index contributed by atoms with van der Waals surface area (Å²) in [5.74, 6) is 1.41. The number of phenolic OH excluding ortho intramolecular Hbond substituents is 1. The van der Waals surface area contributed by atoms with E-state index in [9.17, 15) is 5.11 Å². The molecule has 5 nitrogen and oxygen atoms in total. The van der Waals surface area contributed by atoms with E-state index < -0.39 is 0 Å². The van der Waals surface area contributed by atoms with E-state index >= 15 is 0 Å². The molecule has 0 radical (unpaired) electrons. The topological polar surface area (TPSA) is 51.7 Å². The molecule has 1 aromatic heterocycles. The van der Waals surface area contributed by atoms with Crippen molar-refractivity contribution >= 4 is 16.6 Å². The van der Waals surface area contributed by atoms with Crippen molar-refractivity contribution in [2.24, 2.45) is 0 Å². The minimum Gasteiger partial charge on any atom is -0.508 e. The smallest absolute Gasteiger partial charge is 0.122 e. The van der Waals surface area contributed by atoms with E-state index in [4.69, 9.17) is 4.74 Å². The molecule has 0 spiro atoms. The van der Waals surface area contributed by atoms with Gasteiger partial charge in [0.05, 0.1) is 6.61 Å². The number of anilines is 1. The zero-order valence-corrected chi connectivity index (χ0v) is 16.9. The number of ether oxygens (including phenoxy) is 1. The third-order valence-electron chi connectivity index (χ3n) is 6.30. The van der Waals surface area contributed by atoms with Gasteiger partial charge in [-0.3, -0.25) is 4.90 Å². The normalized spacial score (nSPS) is 17.3. The fourth-order valence-corrected chi connectivity index (χ4v) is 4.64. The molecule has 2 aliphatic rings. The van der Waals surface area contributed by atoms with E-state index in [1.54, 1.807) is 6.07 Å². The Morgan fingerprint density at radius 1 is 1.03 bits per heavy atom. The zero-order valence-electron chi connectivity index (χ0n) is 16.9. The highest BCUT2D eigenvalue weighted by Crippen LogP contribution is 2.30. The predicted octanol–water partition coefficient (Wildman–Crippen LogP) is 3.95. The number of H-pyrrole nitrogens is 1. The number of phenols is 1. The Labute approximate surface area is 171 Å². The van der Waals surface area contributed by atoms with Crippen LogP contribution in [-0.2, 0) is 12.8 Å². The van der Waals surface area contributed by atoms with Crippen molar-refractivity contribution in [3.63, 3.8) is 0 Å². The summed E-state index contributed by atoms with van der Waals surface area (Å²) >= 11 is 0. The maximum absolute atomic E-state index is 9.75. The molecule has 0 bridgehead atoms. The molecule has 3 aromatic rings. The number of aromatic amines is 1. The second-order valence-corrected chi connectivity index (χ2v) is 8.22. The Hall–Kier alpha value is -2.66. The third kappa shape index (κ3) is 3.92. The molecule has 2 N–H and O–H groups in total. The molecule has 0 amide bonds. The van der Waals surface area contributed by atoms with Crippen LogP contribution in [0.2, 0.25) is 0 Å². The van der Waals surface area contributed by atoms with Crippen molar-refractivity contribution in [3.05, 3.63) is 53.7 Å². The fourth-order valence-electron chi connectivity index (χ4n) is 4.64. The molecule has 0 atom stereocenters. The zero-order chi connectivity index (χ0) is 19.6. The number of hydrogen-bond donors (Lipinski definition) is 2. The van der Waals surface area contributed by atoms with Crippen molar-refractivity contribution in [3.8, 4) is 11.5 Å². The maximum Gasteiger partial charge on any atom is 0.122 e. The van der Waals surface area contributed by atoms with Gasteiger partial charge in [0.2, 0.25) is 0 Å². The number of aryl methyl sites for hydroxylation is 2. The second kappa shape index (κ2) is 7.99. The number of rotatable bonds is 5. The molecule has 29 heavy (non-hydrogen) atoms. The summed E-state index contributed by atoms with van der Waals surface area (Å²) in [5.41, 5.74) is 5.10. The molecule has 1 saturated heterocycles. The number of piperazine rings is 1. The average Bonchev–Trinajstić information content (AvgIpc) is 3.16. The van der Waals surface area contributed by atoms with Gasteiger partial charge >= 0.3 is 0 Å². The summed E-state index contributed by atoms with van der Waals surface area (Å²) in [6.45, 7) is 6.37. The number of fused-ring (bicyclic) bond motifs is 2. The van der Waals surface area contributed by atoms with Crippen LogP contribution < -0.4 is 9.64 Å². The minimum atomic E-state index is 0.336. The Kier molecular flexibility index (Phi) is 5.06. The fraction of sp³-hybridized carbons (Fsp3) is 0.417. The van der Waals surface area contributed by atoms with Gasteiger partial charge in [-0.2, -0.15) is 0 Å². The van der Waals surface area contributed by atoms with E-state index in [1.807, 2.05) is 12.1 Å². The predicted molar refractivity (Wildman–Crippen MR) is 117 cm³/mol. The van der Waals surface area contributed by atoms with Crippen LogP contribution in [0.5, 0.6) is 11.5 Å². The van der Waals surface area contributed by atoms with E-state index in [0.29, 0.717) is 5.75 Å². The summed E-state index contributed by atoms with van der Waals surface area (Å²) in [7, 11) is 0. The van der Waals surface area contributed by atoms with Gasteiger partial charge in [-0.05, 0) is 79.8 Å². The van der Waals surface area contributed by atoms with Gasteiger partial charge in [0.15, 0.2) is 0 Å². The highest BCUT2D eigenvalue weighted by Gasteiger charge is 2.19. The third-order valence-corrected chi connectivity index (χ3v) is 6.30. The van der Waals surface area contributed by atoms with E-state index in [-0.39, 0.29) is 0 Å². The molecule has 5 heteroatoms. The van der Waals surface area contributed by atoms with Crippen LogP contribution >= 0.6 is 0 Å². The molecule has 152 valence electrons. The SMILES string of the molecule is Oc1ccc2[nH]cc(CCCN3CCN(c4ccc5c(c4)CCCO5)CC3)c2c1. The van der Waals surface area contributed by atoms with Crippen molar-refractivity contribution in [2.45, 2.75) is 25.7 Å². The van der Waals surface area contributed by atoms with Crippen LogP contribution in [0.1, 0.15) is 24.0 Å². The van der Waals surface area contributed by atoms with E-state index in [0.717, 1.165) is 81.7 Å². The van der Waals surface area contributed by atoms with Gasteiger partial charge in [0, 0.05) is 49.0 Å². The lowest BCUT2D eigenvalue weighted by Gasteiger charge is -2.36. The number of benzene rings is 2. The van der Waals surface area contributed by atoms with Crippen molar-refractivity contribution in [2.75, 3.05) is 44.2 Å². The van der Waals surface area contributed by atoms with Crippen molar-refractivity contribution in [1.29, 1.82) is 0 Å². The lowest BCUT2D eigenvalue weighted by atomic mass is 10.0. The van der Waals surface area contributed by atoms with Crippen molar-refractivity contribution < 1.29 is 9.84 Å². The summed E-state index contributed by atoms with van der Waals surface area (Å²) in [5, 5.41) is 10.9. The van der Waals surface area contributed by atoms with Crippen LogP contribution in [0.15, 0.2) is 42.6 Å². The first kappa shape index (κ1) is 18.4. The minimum absolute atomic E-state index is 0.336. The van der Waals surface area contributed by atoms with Crippen LogP contribution in [0, 0.1) is 0 Å². The molecular weight excluding hydrogens is 362 g/mol. The van der Waals surface area contributed by atoms with E-state index in [1.165, 1.54) is 16.8 Å². The molecule has 0 unspecified atom stereocenters. The molecule has 0 aliphatic carbocycles. The first-order valence-electron chi connectivity index (χ1n) is 10.8. The number of nitrogens with zero attached hydrogens (tertiary/aromatic N) is 2. The van der Waals surface area contributed by atoms with Gasteiger partial charge in [0.1, 0.15) is 11.5 Å². The lowest BCUT2D eigenvalue weighted by Crippen LogP contribution is -2.46. The quantitative estimate of drug-likeness (QED) is 0.691. The van der Waals surface area contributed by atoms with Crippen LogP contribution in [-0.4, -0.2) is 54.3 Å². The average molecular weight is 392 g/mol. The monoisotopic (exact) mass is 391 g/mol. The highest BCUT2D eigenvalue weighted by molar-refractivity contribution is 5.84. The second-order valence-electron chi connectivity index (χ2n) is 8.22. The summed E-state index contributed by atoms with van der Waals surface area (Å²) in [4.78, 5) is 8.39. The van der Waals surface area contributed by atoms with Gasteiger partial charge < -0.3 is 19.7 Å². The number of aromatic nitrogens is 1. The Morgan fingerprint density at radius 3 is 2.83 bits per heavy atom. The van der Waals surface area contributed by atoms with Crippen LogP contribution in [0.3, 0.4) is 0 Å². The van der Waals surface area contributed by atoms with Crippen LogP contribution in [0.25, 0.3) is 10.9 Å². The van der Waals surface area contributed by atoms with Gasteiger partial charge in [-0.1, -0.05) is 0 Å². The molecule has 0 saturated carbocycles. The summed E-state index contributed by atoms with van der Waals surface area (Å²) in [6, 6.07) is 12.2. The van der Waals surface area contributed by atoms with Gasteiger partial charge in [-0.15, -0.1) is 0 Å². The summed E-state index contributed by atoms with van der Waals surface area (Å²) < 4.78 is 5.75. The molecule has 3 heterocycles. The maximum atomic E-state index is 9.75. The van der Waals surface area contributed by atoms with Crippen molar-refractivity contribution in [1.82, 2.24) is 9.88 Å². The first-order valence-corrected chi connectivity index (χ1v) is 10.8. The molecular formula is C24H29N3O2. The Balaban J connectivity index is 1.13. The molecule has 1 fully saturated rings. The largest absolute Gasteiger partial charge is 0.508 e. The van der Waals surface area contributed by atoms with Crippen LogP contribution in [0.4, 0.5) is 5.69 Å². The number of hydrogen-bond acceptors (Lipinski definition) is 4. The molecule has 5 rings (SSSR count). The highest BCUT2D eigenvalue weighted by atomic mass is 16.5.